The standard InChI is InChI=1S/C28H32FNO4/c1-6-7-13-21-14-20-15-23(29)24(30-5)16-22(20)28(21,17-25(31)34-27(2,3)4)26(32)33-18-19-11-9-8-10-12-19/h8-12,15-16,21H,6-7,13-14,17-18H2,1-4H3/t21-,28-/m0/s1. The molecule has 0 fully saturated rings. The van der Waals surface area contributed by atoms with Crippen molar-refractivity contribution in [1.29, 1.82) is 0 Å². The summed E-state index contributed by atoms with van der Waals surface area (Å²) < 4.78 is 25.9. The van der Waals surface area contributed by atoms with Crippen LogP contribution in [-0.2, 0) is 37.5 Å². The van der Waals surface area contributed by atoms with E-state index in [9.17, 15) is 14.0 Å². The third-order valence-electron chi connectivity index (χ3n) is 6.26. The first kappa shape index (κ1) is 25.4. The fraction of sp³-hybridized carbons (Fsp3) is 0.464. The van der Waals surface area contributed by atoms with Gasteiger partial charge < -0.3 is 9.47 Å². The van der Waals surface area contributed by atoms with Gasteiger partial charge in [-0.2, -0.15) is 0 Å². The molecule has 0 amide bonds. The molecule has 3 rings (SSSR count). The average molecular weight is 466 g/mol. The maximum atomic E-state index is 14.5. The summed E-state index contributed by atoms with van der Waals surface area (Å²) in [6.07, 6.45) is 2.65. The first-order chi connectivity index (χ1) is 16.1. The number of fused-ring (bicyclic) bond motifs is 1. The van der Waals surface area contributed by atoms with E-state index >= 15 is 0 Å². The molecule has 2 atom stereocenters. The highest BCUT2D eigenvalue weighted by Crippen LogP contribution is 2.51. The molecule has 0 bridgehead atoms. The van der Waals surface area contributed by atoms with Crippen molar-refractivity contribution in [2.45, 2.75) is 77.4 Å². The van der Waals surface area contributed by atoms with E-state index in [0.717, 1.165) is 18.4 Å². The van der Waals surface area contributed by atoms with Crippen LogP contribution in [0.25, 0.3) is 4.85 Å². The van der Waals surface area contributed by atoms with Crippen LogP contribution in [0.2, 0.25) is 0 Å². The maximum absolute atomic E-state index is 14.5. The minimum Gasteiger partial charge on any atom is -0.460 e. The highest BCUT2D eigenvalue weighted by atomic mass is 19.1. The average Bonchev–Trinajstić information content (AvgIpc) is 3.07. The predicted molar refractivity (Wildman–Crippen MR) is 128 cm³/mol. The number of esters is 2. The molecule has 2 aromatic carbocycles. The third-order valence-corrected chi connectivity index (χ3v) is 6.26. The lowest BCUT2D eigenvalue weighted by molar-refractivity contribution is -0.166. The first-order valence-electron chi connectivity index (χ1n) is 11.7. The number of halogens is 1. The largest absolute Gasteiger partial charge is 0.460 e. The van der Waals surface area contributed by atoms with Crippen LogP contribution in [-0.4, -0.2) is 17.5 Å². The zero-order chi connectivity index (χ0) is 24.9. The smallest absolute Gasteiger partial charge is 0.317 e. The van der Waals surface area contributed by atoms with Crippen LogP contribution in [0.4, 0.5) is 10.1 Å². The Morgan fingerprint density at radius 1 is 1.21 bits per heavy atom. The molecule has 0 spiro atoms. The number of ether oxygens (including phenoxy) is 2. The monoisotopic (exact) mass is 465 g/mol. The highest BCUT2D eigenvalue weighted by Gasteiger charge is 2.55. The topological polar surface area (TPSA) is 57.0 Å². The summed E-state index contributed by atoms with van der Waals surface area (Å²) in [6, 6.07) is 12.1. The fourth-order valence-electron chi connectivity index (χ4n) is 4.78. The van der Waals surface area contributed by atoms with Gasteiger partial charge in [-0.05, 0) is 68.4 Å². The lowest BCUT2D eigenvalue weighted by atomic mass is 9.70. The van der Waals surface area contributed by atoms with Crippen molar-refractivity contribution >= 4 is 17.6 Å². The number of benzene rings is 2. The molecule has 5 nitrogen and oxygen atoms in total. The Hall–Kier alpha value is -3.20. The molecule has 6 heteroatoms. The Balaban J connectivity index is 2.09. The van der Waals surface area contributed by atoms with Crippen LogP contribution in [0.5, 0.6) is 0 Å². The highest BCUT2D eigenvalue weighted by molar-refractivity contribution is 5.91. The Morgan fingerprint density at radius 2 is 1.91 bits per heavy atom. The van der Waals surface area contributed by atoms with Crippen LogP contribution in [0.3, 0.4) is 0 Å². The van der Waals surface area contributed by atoms with E-state index in [1.54, 1.807) is 20.8 Å². The summed E-state index contributed by atoms with van der Waals surface area (Å²) >= 11 is 0. The van der Waals surface area contributed by atoms with Gasteiger partial charge >= 0.3 is 11.9 Å². The predicted octanol–water partition coefficient (Wildman–Crippen LogP) is 6.45. The van der Waals surface area contributed by atoms with Crippen molar-refractivity contribution in [1.82, 2.24) is 0 Å². The number of hydrogen-bond acceptors (Lipinski definition) is 4. The summed E-state index contributed by atoms with van der Waals surface area (Å²) in [7, 11) is 0. The minimum atomic E-state index is -1.34. The molecule has 1 aliphatic rings. The van der Waals surface area contributed by atoms with Gasteiger partial charge in [-0.1, -0.05) is 50.1 Å². The second kappa shape index (κ2) is 10.4. The number of nitrogens with zero attached hydrogens (tertiary/aromatic N) is 1. The quantitative estimate of drug-likeness (QED) is 0.332. The van der Waals surface area contributed by atoms with Crippen LogP contribution in [0, 0.1) is 18.3 Å². The Kier molecular flexibility index (Phi) is 7.76. The fourth-order valence-corrected chi connectivity index (χ4v) is 4.78. The summed E-state index contributed by atoms with van der Waals surface area (Å²) in [5, 5.41) is 0. The maximum Gasteiger partial charge on any atom is 0.317 e. The summed E-state index contributed by atoms with van der Waals surface area (Å²) in [4.78, 5) is 30.2. The Labute approximate surface area is 201 Å². The molecule has 0 saturated carbocycles. The molecule has 0 radical (unpaired) electrons. The number of carbonyl (C=O) groups excluding carboxylic acids is 2. The molecule has 0 N–H and O–H groups in total. The second-order valence-corrected chi connectivity index (χ2v) is 9.91. The van der Waals surface area contributed by atoms with Crippen LogP contribution in [0.1, 0.15) is 70.1 Å². The van der Waals surface area contributed by atoms with Crippen molar-refractivity contribution in [3.05, 3.63) is 76.4 Å². The van der Waals surface area contributed by atoms with Crippen LogP contribution < -0.4 is 0 Å². The van der Waals surface area contributed by atoms with Crippen molar-refractivity contribution in [3.8, 4) is 0 Å². The molecule has 0 heterocycles. The van der Waals surface area contributed by atoms with E-state index in [1.807, 2.05) is 30.3 Å². The van der Waals surface area contributed by atoms with Gasteiger partial charge in [-0.3, -0.25) is 9.59 Å². The van der Waals surface area contributed by atoms with Gasteiger partial charge in [0.1, 0.15) is 23.4 Å². The zero-order valence-corrected chi connectivity index (χ0v) is 20.3. The SMILES string of the molecule is [C-]#[N+]c1cc2c(cc1F)C[C@H](CCCC)[C@]2(CC(=O)OC(C)(C)C)C(=O)OCc1ccccc1. The van der Waals surface area contributed by atoms with Crippen molar-refractivity contribution in [3.63, 3.8) is 0 Å². The van der Waals surface area contributed by atoms with Gasteiger partial charge in [0, 0.05) is 0 Å². The molecular formula is C28H32FNO4. The molecule has 1 aliphatic carbocycles. The molecule has 34 heavy (non-hydrogen) atoms. The van der Waals surface area contributed by atoms with E-state index in [4.69, 9.17) is 16.0 Å². The number of hydrogen-bond donors (Lipinski definition) is 0. The summed E-state index contributed by atoms with van der Waals surface area (Å²) in [5.74, 6) is -1.94. The second-order valence-electron chi connectivity index (χ2n) is 9.91. The van der Waals surface area contributed by atoms with Gasteiger partial charge in [-0.25, -0.2) is 9.24 Å². The van der Waals surface area contributed by atoms with Crippen molar-refractivity contribution < 1.29 is 23.5 Å². The Bertz CT molecular complexity index is 1080. The molecule has 0 unspecified atom stereocenters. The lowest BCUT2D eigenvalue weighted by Gasteiger charge is -2.35. The zero-order valence-electron chi connectivity index (χ0n) is 20.3. The minimum absolute atomic E-state index is 0.0580. The van der Waals surface area contributed by atoms with E-state index in [-0.39, 0.29) is 24.6 Å². The number of carbonyl (C=O) groups is 2. The number of unbranched alkanes of at least 4 members (excludes halogenated alkanes) is 1. The van der Waals surface area contributed by atoms with Gasteiger partial charge in [-0.15, -0.1) is 0 Å². The lowest BCUT2D eigenvalue weighted by Crippen LogP contribution is -2.44. The Morgan fingerprint density at radius 3 is 2.53 bits per heavy atom. The van der Waals surface area contributed by atoms with Crippen molar-refractivity contribution in [2.75, 3.05) is 0 Å². The van der Waals surface area contributed by atoms with Crippen molar-refractivity contribution in [2.24, 2.45) is 5.92 Å². The van der Waals surface area contributed by atoms with E-state index in [2.05, 4.69) is 11.8 Å². The molecule has 0 aliphatic heterocycles. The van der Waals surface area contributed by atoms with E-state index in [1.165, 1.54) is 12.1 Å². The normalized spacial score (nSPS) is 19.2. The number of rotatable bonds is 8. The van der Waals surface area contributed by atoms with Crippen LogP contribution in [0.15, 0.2) is 42.5 Å². The third kappa shape index (κ3) is 5.47. The van der Waals surface area contributed by atoms with Crippen LogP contribution >= 0.6 is 0 Å². The molecular weight excluding hydrogens is 433 g/mol. The summed E-state index contributed by atoms with van der Waals surface area (Å²) in [6.45, 7) is 14.8. The van der Waals surface area contributed by atoms with Gasteiger partial charge in [0.2, 0.25) is 5.69 Å². The molecule has 0 aromatic heterocycles. The first-order valence-corrected chi connectivity index (χ1v) is 11.7. The summed E-state index contributed by atoms with van der Waals surface area (Å²) in [5.41, 5.74) is -0.255. The molecule has 2 aromatic rings. The molecule has 180 valence electrons. The van der Waals surface area contributed by atoms with Gasteiger partial charge in [0.05, 0.1) is 13.0 Å². The van der Waals surface area contributed by atoms with Gasteiger partial charge in [0.25, 0.3) is 0 Å². The molecule has 0 saturated heterocycles. The van der Waals surface area contributed by atoms with Gasteiger partial charge in [0.15, 0.2) is 0 Å². The van der Waals surface area contributed by atoms with E-state index in [0.29, 0.717) is 24.0 Å². The van der Waals surface area contributed by atoms with E-state index < -0.39 is 28.8 Å².